The summed E-state index contributed by atoms with van der Waals surface area (Å²) in [5, 5.41) is 12.8. The molecule has 1 saturated heterocycles. The van der Waals surface area contributed by atoms with E-state index in [2.05, 4.69) is 11.4 Å². The number of esters is 1. The predicted octanol–water partition coefficient (Wildman–Crippen LogP) is 1.02. The molecule has 2 amide bonds. The van der Waals surface area contributed by atoms with Crippen LogP contribution in [0.5, 0.6) is 0 Å². The average molecular weight is 415 g/mol. The van der Waals surface area contributed by atoms with Gasteiger partial charge in [0.1, 0.15) is 5.92 Å². The van der Waals surface area contributed by atoms with Crippen LogP contribution in [0.2, 0.25) is 0 Å². The minimum atomic E-state index is -1.17. The van der Waals surface area contributed by atoms with Crippen molar-refractivity contribution in [3.05, 3.63) is 46.5 Å². The van der Waals surface area contributed by atoms with Crippen molar-refractivity contribution in [3.63, 3.8) is 0 Å². The van der Waals surface area contributed by atoms with E-state index in [0.717, 1.165) is 11.8 Å². The molecule has 2 atom stereocenters. The summed E-state index contributed by atoms with van der Waals surface area (Å²) >= 11 is 1.10. The second-order valence-corrected chi connectivity index (χ2v) is 7.50. The van der Waals surface area contributed by atoms with E-state index >= 15 is 0 Å². The largest absolute Gasteiger partial charge is 0.468 e. The van der Waals surface area contributed by atoms with E-state index in [4.69, 9.17) is 9.47 Å². The molecule has 2 aliphatic heterocycles. The fourth-order valence-electron chi connectivity index (χ4n) is 3.38. The highest BCUT2D eigenvalue weighted by atomic mass is 32.2. The summed E-state index contributed by atoms with van der Waals surface area (Å²) < 4.78 is 10.1. The van der Waals surface area contributed by atoms with Crippen LogP contribution in [0.1, 0.15) is 11.5 Å². The highest BCUT2D eigenvalue weighted by Crippen LogP contribution is 2.40. The first-order valence-electron chi connectivity index (χ1n) is 9.13. The number of hydrogen-bond acceptors (Lipinski definition) is 7. The van der Waals surface area contributed by atoms with E-state index in [1.54, 1.807) is 29.2 Å². The van der Waals surface area contributed by atoms with Crippen LogP contribution in [0, 0.1) is 17.2 Å². The molecule has 0 spiro atoms. The summed E-state index contributed by atoms with van der Waals surface area (Å²) in [6.07, 6.45) is 0. The number of nitrogens with zero attached hydrogens (tertiary/aromatic N) is 2. The molecule has 0 bridgehead atoms. The standard InChI is InChI=1S/C20H21N3O5S/c1-27-20(26)17-16(13-5-3-2-4-6-13)14(11-21)19(22-18(17)25)29-12-15(24)23-7-9-28-10-8-23/h2-6,16-17H,7-10,12H2,1H3,(H,22,25)/t16-,17-/m1/s1. The number of nitriles is 1. The molecule has 2 aliphatic rings. The van der Waals surface area contributed by atoms with E-state index in [-0.39, 0.29) is 17.2 Å². The van der Waals surface area contributed by atoms with Crippen molar-refractivity contribution in [2.75, 3.05) is 39.2 Å². The second kappa shape index (κ2) is 9.58. The third-order valence-electron chi connectivity index (χ3n) is 4.85. The molecule has 29 heavy (non-hydrogen) atoms. The fourth-order valence-corrected chi connectivity index (χ4v) is 4.33. The lowest BCUT2D eigenvalue weighted by atomic mass is 9.78. The van der Waals surface area contributed by atoms with Gasteiger partial charge in [0, 0.05) is 19.0 Å². The lowest BCUT2D eigenvalue weighted by Crippen LogP contribution is -2.44. The first-order chi connectivity index (χ1) is 14.1. The molecule has 1 fully saturated rings. The van der Waals surface area contributed by atoms with Crippen molar-refractivity contribution in [1.82, 2.24) is 10.2 Å². The van der Waals surface area contributed by atoms with Gasteiger partial charge in [-0.3, -0.25) is 14.4 Å². The number of nitrogens with one attached hydrogen (secondary N) is 1. The number of methoxy groups -OCH3 is 1. The highest BCUT2D eigenvalue weighted by molar-refractivity contribution is 8.03. The van der Waals surface area contributed by atoms with E-state index in [1.807, 2.05) is 6.07 Å². The summed E-state index contributed by atoms with van der Waals surface area (Å²) in [7, 11) is 1.21. The van der Waals surface area contributed by atoms with E-state index in [1.165, 1.54) is 7.11 Å². The average Bonchev–Trinajstić information content (AvgIpc) is 2.77. The van der Waals surface area contributed by atoms with Crippen molar-refractivity contribution >= 4 is 29.5 Å². The predicted molar refractivity (Wildman–Crippen MR) is 105 cm³/mol. The van der Waals surface area contributed by atoms with E-state index in [0.29, 0.717) is 36.9 Å². The highest BCUT2D eigenvalue weighted by Gasteiger charge is 2.44. The van der Waals surface area contributed by atoms with Crippen LogP contribution in [-0.4, -0.2) is 61.8 Å². The van der Waals surface area contributed by atoms with Gasteiger partial charge < -0.3 is 19.7 Å². The molecule has 3 rings (SSSR count). The molecule has 1 N–H and O–H groups in total. The molecule has 8 nitrogen and oxygen atoms in total. The number of morpholine rings is 1. The van der Waals surface area contributed by atoms with Gasteiger partial charge in [0.2, 0.25) is 11.8 Å². The van der Waals surface area contributed by atoms with E-state index < -0.39 is 23.7 Å². The maximum absolute atomic E-state index is 12.7. The third-order valence-corrected chi connectivity index (χ3v) is 5.85. The summed E-state index contributed by atoms with van der Waals surface area (Å²) in [6, 6.07) is 11.0. The maximum atomic E-state index is 12.7. The summed E-state index contributed by atoms with van der Waals surface area (Å²) in [5.41, 5.74) is 0.901. The van der Waals surface area contributed by atoms with E-state index in [9.17, 15) is 19.6 Å². The third kappa shape index (κ3) is 4.60. The molecule has 9 heteroatoms. The van der Waals surface area contributed by atoms with Crippen LogP contribution in [0.15, 0.2) is 40.9 Å². The number of ether oxygens (including phenoxy) is 2. The molecular weight excluding hydrogens is 394 g/mol. The normalized spacial score (nSPS) is 21.9. The minimum absolute atomic E-state index is 0.0746. The molecule has 152 valence electrons. The van der Waals surface area contributed by atoms with Crippen LogP contribution in [-0.2, 0) is 23.9 Å². The zero-order valence-electron chi connectivity index (χ0n) is 15.9. The fraction of sp³-hybridized carbons (Fsp3) is 0.400. The molecule has 2 heterocycles. The number of rotatable bonds is 5. The lowest BCUT2D eigenvalue weighted by molar-refractivity contribution is -0.150. The van der Waals surface area contributed by atoms with Crippen molar-refractivity contribution in [2.45, 2.75) is 5.92 Å². The van der Waals surface area contributed by atoms with Gasteiger partial charge in [-0.2, -0.15) is 5.26 Å². The van der Waals surface area contributed by atoms with Crippen LogP contribution >= 0.6 is 11.8 Å². The molecule has 1 aromatic carbocycles. The number of carbonyl (C=O) groups is 3. The Labute approximate surface area is 172 Å². The van der Waals surface area contributed by atoms with Gasteiger partial charge >= 0.3 is 5.97 Å². The quantitative estimate of drug-likeness (QED) is 0.565. The Morgan fingerprint density at radius 1 is 1.31 bits per heavy atom. The zero-order valence-corrected chi connectivity index (χ0v) is 16.7. The minimum Gasteiger partial charge on any atom is -0.468 e. The van der Waals surface area contributed by atoms with Crippen molar-refractivity contribution in [2.24, 2.45) is 5.92 Å². The Hall–Kier alpha value is -2.83. The number of amides is 2. The number of allylic oxidation sites excluding steroid dienone is 1. The molecule has 0 aromatic heterocycles. The topological polar surface area (TPSA) is 109 Å². The van der Waals surface area contributed by atoms with Gasteiger partial charge in [-0.1, -0.05) is 42.1 Å². The van der Waals surface area contributed by atoms with Gasteiger partial charge in [0.15, 0.2) is 0 Å². The number of hydrogen-bond donors (Lipinski definition) is 1. The van der Waals surface area contributed by atoms with Gasteiger partial charge in [0.25, 0.3) is 0 Å². The first-order valence-corrected chi connectivity index (χ1v) is 10.1. The summed E-state index contributed by atoms with van der Waals surface area (Å²) in [4.78, 5) is 39.2. The van der Waals surface area contributed by atoms with Crippen molar-refractivity contribution in [1.29, 1.82) is 5.26 Å². The van der Waals surface area contributed by atoms with Crippen LogP contribution in [0.3, 0.4) is 0 Å². The zero-order chi connectivity index (χ0) is 20.8. The monoisotopic (exact) mass is 415 g/mol. The number of benzene rings is 1. The molecule has 0 saturated carbocycles. The van der Waals surface area contributed by atoms with Crippen molar-refractivity contribution < 1.29 is 23.9 Å². The lowest BCUT2D eigenvalue weighted by Gasteiger charge is -2.31. The Balaban J connectivity index is 1.89. The molecule has 0 aliphatic carbocycles. The Morgan fingerprint density at radius 3 is 2.62 bits per heavy atom. The van der Waals surface area contributed by atoms with Crippen molar-refractivity contribution in [3.8, 4) is 6.07 Å². The smallest absolute Gasteiger partial charge is 0.319 e. The van der Waals surface area contributed by atoms with Crippen LogP contribution in [0.4, 0.5) is 0 Å². The van der Waals surface area contributed by atoms with Crippen LogP contribution < -0.4 is 5.32 Å². The molecule has 0 unspecified atom stereocenters. The maximum Gasteiger partial charge on any atom is 0.319 e. The molecule has 1 aromatic rings. The van der Waals surface area contributed by atoms with Crippen LogP contribution in [0.25, 0.3) is 0 Å². The van der Waals surface area contributed by atoms with Gasteiger partial charge in [-0.25, -0.2) is 0 Å². The summed E-state index contributed by atoms with van der Waals surface area (Å²) in [6.45, 7) is 2.03. The first kappa shape index (κ1) is 20.9. The Bertz CT molecular complexity index is 859. The number of carbonyl (C=O) groups excluding carboxylic acids is 3. The SMILES string of the molecule is COC(=O)[C@H]1C(=O)NC(SCC(=O)N2CCOCC2)=C(C#N)[C@H]1c1ccccc1. The Morgan fingerprint density at radius 2 is 2.00 bits per heavy atom. The Kier molecular flexibility index (Phi) is 6.90. The summed E-state index contributed by atoms with van der Waals surface area (Å²) in [5.74, 6) is -3.22. The second-order valence-electron chi connectivity index (χ2n) is 6.51. The number of thioether (sulfide) groups is 1. The van der Waals surface area contributed by atoms with Gasteiger partial charge in [-0.15, -0.1) is 0 Å². The van der Waals surface area contributed by atoms with Gasteiger partial charge in [-0.05, 0) is 5.56 Å². The van der Waals surface area contributed by atoms with Gasteiger partial charge in [0.05, 0.1) is 42.7 Å². The molecule has 0 radical (unpaired) electrons. The molecular formula is C20H21N3O5S.